The number of rotatable bonds is 4. The van der Waals surface area contributed by atoms with E-state index >= 15 is 0 Å². The number of H-pyrrole nitrogens is 1. The fourth-order valence-electron chi connectivity index (χ4n) is 4.80. The standard InChI is InChI=1S/C24H27FN6O/c1-30(2)24-26-14-18(15-9-11-16(25)12-10-15)21(27-24)20-8-3-4-13-31(20)23(32)22-17-6-5-7-19(17)28-29-22/h9-12,14,20H,3-8,13H2,1-2H3,(H,28,29)/t20-/m1/s1. The summed E-state index contributed by atoms with van der Waals surface area (Å²) in [5.74, 6) is 0.261. The summed E-state index contributed by atoms with van der Waals surface area (Å²) in [6.45, 7) is 0.662. The zero-order chi connectivity index (χ0) is 22.2. The number of fused-ring (bicyclic) bond motifs is 1. The Morgan fingerprint density at radius 3 is 2.75 bits per heavy atom. The molecule has 1 atom stereocenters. The summed E-state index contributed by atoms with van der Waals surface area (Å²) in [5, 5.41) is 7.44. The van der Waals surface area contributed by atoms with Crippen molar-refractivity contribution in [3.63, 3.8) is 0 Å². The number of piperidine rings is 1. The number of carbonyl (C=O) groups excluding carboxylic acids is 1. The highest BCUT2D eigenvalue weighted by Crippen LogP contribution is 2.38. The van der Waals surface area contributed by atoms with Crippen molar-refractivity contribution in [1.29, 1.82) is 0 Å². The second kappa shape index (κ2) is 8.33. The molecule has 0 bridgehead atoms. The van der Waals surface area contributed by atoms with Crippen molar-refractivity contribution < 1.29 is 9.18 Å². The van der Waals surface area contributed by atoms with Gasteiger partial charge in [-0.2, -0.15) is 5.10 Å². The van der Waals surface area contributed by atoms with Crippen LogP contribution in [0, 0.1) is 5.82 Å². The molecule has 3 heterocycles. The fourth-order valence-corrected chi connectivity index (χ4v) is 4.80. The lowest BCUT2D eigenvalue weighted by molar-refractivity contribution is 0.0599. The van der Waals surface area contributed by atoms with E-state index < -0.39 is 0 Å². The van der Waals surface area contributed by atoms with E-state index in [0.717, 1.165) is 66.6 Å². The molecule has 0 saturated carbocycles. The van der Waals surface area contributed by atoms with E-state index in [1.165, 1.54) is 12.1 Å². The smallest absolute Gasteiger partial charge is 0.275 e. The Kier molecular flexibility index (Phi) is 5.36. The number of nitrogens with one attached hydrogen (secondary N) is 1. The molecule has 32 heavy (non-hydrogen) atoms. The van der Waals surface area contributed by atoms with Gasteiger partial charge in [-0.3, -0.25) is 9.89 Å². The largest absolute Gasteiger partial charge is 0.347 e. The van der Waals surface area contributed by atoms with Crippen molar-refractivity contribution in [1.82, 2.24) is 25.1 Å². The summed E-state index contributed by atoms with van der Waals surface area (Å²) in [4.78, 5) is 26.8. The van der Waals surface area contributed by atoms with Gasteiger partial charge in [0.2, 0.25) is 5.95 Å². The lowest BCUT2D eigenvalue weighted by atomic mass is 9.93. The number of nitrogens with zero attached hydrogens (tertiary/aromatic N) is 5. The van der Waals surface area contributed by atoms with Gasteiger partial charge < -0.3 is 9.80 Å². The van der Waals surface area contributed by atoms with Crippen LogP contribution in [-0.2, 0) is 12.8 Å². The highest BCUT2D eigenvalue weighted by Gasteiger charge is 2.35. The first kappa shape index (κ1) is 20.6. The molecule has 166 valence electrons. The molecule has 0 spiro atoms. The van der Waals surface area contributed by atoms with E-state index in [0.29, 0.717) is 18.2 Å². The molecule has 3 aromatic rings. The number of amides is 1. The molecule has 2 aromatic heterocycles. The summed E-state index contributed by atoms with van der Waals surface area (Å²) in [7, 11) is 3.79. The zero-order valence-electron chi connectivity index (χ0n) is 18.4. The number of benzene rings is 1. The number of halogens is 1. The minimum Gasteiger partial charge on any atom is -0.347 e. The van der Waals surface area contributed by atoms with Crippen LogP contribution in [0.4, 0.5) is 10.3 Å². The first-order chi connectivity index (χ1) is 15.5. The summed E-state index contributed by atoms with van der Waals surface area (Å²) in [6.07, 6.45) is 7.46. The van der Waals surface area contributed by atoms with Crippen LogP contribution in [-0.4, -0.2) is 51.6 Å². The minimum atomic E-state index is -0.289. The highest BCUT2D eigenvalue weighted by molar-refractivity contribution is 5.94. The maximum absolute atomic E-state index is 13.7. The number of aromatic amines is 1. The lowest BCUT2D eigenvalue weighted by Gasteiger charge is -2.36. The third-order valence-corrected chi connectivity index (χ3v) is 6.45. The number of likely N-dealkylation sites (tertiary alicyclic amines) is 1. The molecule has 1 aliphatic heterocycles. The Balaban J connectivity index is 1.58. The molecule has 0 radical (unpaired) electrons. The highest BCUT2D eigenvalue weighted by atomic mass is 19.1. The predicted octanol–water partition coefficient (Wildman–Crippen LogP) is 3.93. The van der Waals surface area contributed by atoms with Crippen molar-refractivity contribution in [3.8, 4) is 11.1 Å². The van der Waals surface area contributed by atoms with E-state index in [1.54, 1.807) is 18.3 Å². The summed E-state index contributed by atoms with van der Waals surface area (Å²) >= 11 is 0. The molecule has 1 aliphatic carbocycles. The lowest BCUT2D eigenvalue weighted by Crippen LogP contribution is -2.40. The van der Waals surface area contributed by atoms with Crippen LogP contribution >= 0.6 is 0 Å². The molecular weight excluding hydrogens is 407 g/mol. The van der Waals surface area contributed by atoms with E-state index in [4.69, 9.17) is 4.98 Å². The maximum atomic E-state index is 13.7. The predicted molar refractivity (Wildman–Crippen MR) is 120 cm³/mol. The molecule has 7 nitrogen and oxygen atoms in total. The van der Waals surface area contributed by atoms with Gasteiger partial charge in [-0.15, -0.1) is 0 Å². The van der Waals surface area contributed by atoms with E-state index in [2.05, 4.69) is 15.2 Å². The van der Waals surface area contributed by atoms with Crippen LogP contribution < -0.4 is 4.90 Å². The number of anilines is 1. The van der Waals surface area contributed by atoms with E-state index in [9.17, 15) is 9.18 Å². The molecule has 1 fully saturated rings. The Morgan fingerprint density at radius 2 is 1.97 bits per heavy atom. The molecule has 1 saturated heterocycles. The average molecular weight is 435 g/mol. The second-order valence-corrected chi connectivity index (χ2v) is 8.76. The first-order valence-corrected chi connectivity index (χ1v) is 11.2. The molecule has 1 aromatic carbocycles. The van der Waals surface area contributed by atoms with Gasteiger partial charge in [-0.05, 0) is 56.2 Å². The topological polar surface area (TPSA) is 78.0 Å². The Labute approximate surface area is 186 Å². The van der Waals surface area contributed by atoms with Gasteiger partial charge in [-0.1, -0.05) is 12.1 Å². The zero-order valence-corrected chi connectivity index (χ0v) is 18.4. The Hall–Kier alpha value is -3.29. The quantitative estimate of drug-likeness (QED) is 0.673. The van der Waals surface area contributed by atoms with Crippen molar-refractivity contribution in [2.24, 2.45) is 0 Å². The molecule has 1 N–H and O–H groups in total. The number of hydrogen-bond donors (Lipinski definition) is 1. The monoisotopic (exact) mass is 434 g/mol. The van der Waals surface area contributed by atoms with Crippen molar-refractivity contribution in [2.75, 3.05) is 25.5 Å². The van der Waals surface area contributed by atoms with E-state index in [-0.39, 0.29) is 17.8 Å². The normalized spacial score (nSPS) is 18.0. The molecule has 1 amide bonds. The van der Waals surface area contributed by atoms with Crippen LogP contribution in [0.3, 0.4) is 0 Å². The molecule has 8 heteroatoms. The summed E-state index contributed by atoms with van der Waals surface area (Å²) < 4.78 is 13.6. The Bertz CT molecular complexity index is 1140. The summed E-state index contributed by atoms with van der Waals surface area (Å²) in [5.41, 5.74) is 5.17. The molecule has 5 rings (SSSR count). The van der Waals surface area contributed by atoms with Crippen molar-refractivity contribution >= 4 is 11.9 Å². The third-order valence-electron chi connectivity index (χ3n) is 6.45. The maximum Gasteiger partial charge on any atom is 0.275 e. The second-order valence-electron chi connectivity index (χ2n) is 8.76. The number of carbonyl (C=O) groups is 1. The van der Waals surface area contributed by atoms with Crippen LogP contribution in [0.15, 0.2) is 30.5 Å². The van der Waals surface area contributed by atoms with Crippen LogP contribution in [0.5, 0.6) is 0 Å². The number of hydrogen-bond acceptors (Lipinski definition) is 5. The number of aryl methyl sites for hydroxylation is 1. The minimum absolute atomic E-state index is 0.0378. The first-order valence-electron chi connectivity index (χ1n) is 11.2. The van der Waals surface area contributed by atoms with Crippen molar-refractivity contribution in [3.05, 3.63) is 58.9 Å². The van der Waals surface area contributed by atoms with Gasteiger partial charge in [0.05, 0.1) is 11.7 Å². The van der Waals surface area contributed by atoms with Gasteiger partial charge in [0.15, 0.2) is 5.69 Å². The van der Waals surface area contributed by atoms with Crippen LogP contribution in [0.1, 0.15) is 59.2 Å². The van der Waals surface area contributed by atoms with Crippen molar-refractivity contribution in [2.45, 2.75) is 44.6 Å². The van der Waals surface area contributed by atoms with Crippen LogP contribution in [0.2, 0.25) is 0 Å². The SMILES string of the molecule is CN(C)c1ncc(-c2ccc(F)cc2)c([C@H]2CCCCN2C(=O)c2n[nH]c3c2CCC3)n1. The van der Waals surface area contributed by atoms with Crippen LogP contribution in [0.25, 0.3) is 11.1 Å². The van der Waals surface area contributed by atoms with Gasteiger partial charge in [0, 0.05) is 43.7 Å². The fraction of sp³-hybridized carbons (Fsp3) is 0.417. The van der Waals surface area contributed by atoms with Gasteiger partial charge in [0.25, 0.3) is 5.91 Å². The van der Waals surface area contributed by atoms with E-state index in [1.807, 2.05) is 23.9 Å². The van der Waals surface area contributed by atoms with Gasteiger partial charge in [0.1, 0.15) is 5.82 Å². The van der Waals surface area contributed by atoms with Gasteiger partial charge >= 0.3 is 0 Å². The van der Waals surface area contributed by atoms with Gasteiger partial charge in [-0.25, -0.2) is 14.4 Å². The Morgan fingerprint density at radius 1 is 1.16 bits per heavy atom. The summed E-state index contributed by atoms with van der Waals surface area (Å²) in [6, 6.07) is 6.17. The molecule has 2 aliphatic rings. The molecular formula is C24H27FN6O. The average Bonchev–Trinajstić information content (AvgIpc) is 3.43. The number of aromatic nitrogens is 4. The molecule has 0 unspecified atom stereocenters. The third kappa shape index (κ3) is 3.63.